The average molecular weight is 1090 g/mol. The molecule has 0 aromatic rings. The number of ether oxygens (including phenoxy) is 3. The van der Waals surface area contributed by atoms with E-state index in [1.54, 1.807) is 0 Å². The standard InChI is InChI=1S/C72H128O6/c1-4-7-10-13-16-19-22-25-28-30-32-34-36-38-39-41-44-47-50-53-56-59-62-65-71(74)77-68-69(67-76-70(73)64-61-58-55-52-49-46-43-27-24-21-18-15-12-9-6-3)78-72(75)66-63-60-57-54-51-48-45-42-40-37-35-33-31-29-26-23-20-17-14-11-8-5-2/h9,12,18,21-22,25,27,30,32,36,38,43,69H,4-8,10-11,13-17,19-20,23-24,26,28-29,31,33-35,37,39-42,44-68H2,1-3H3/b12-9-,21-18-,25-22-,32-30-,38-36-,43-27-. The molecule has 0 radical (unpaired) electrons. The van der Waals surface area contributed by atoms with Crippen molar-refractivity contribution < 1.29 is 28.6 Å². The molecule has 0 aromatic carbocycles. The first kappa shape index (κ1) is 74.8. The maximum Gasteiger partial charge on any atom is 0.306 e. The van der Waals surface area contributed by atoms with Gasteiger partial charge in [-0.2, -0.15) is 0 Å². The number of rotatable bonds is 62. The van der Waals surface area contributed by atoms with Gasteiger partial charge >= 0.3 is 17.9 Å². The summed E-state index contributed by atoms with van der Waals surface area (Å²) in [7, 11) is 0. The SMILES string of the molecule is CC/C=C\C/C=C\C/C=C\CCCCCCCC(=O)OCC(COC(=O)CCCCCCCCCC/C=C\C/C=C\C/C=C\CCCCCCC)OC(=O)CCCCCCCCCCCCCCCCCCCCCCCC. The van der Waals surface area contributed by atoms with Gasteiger partial charge in [-0.3, -0.25) is 14.4 Å². The molecule has 0 aliphatic carbocycles. The number of hydrogen-bond donors (Lipinski definition) is 0. The van der Waals surface area contributed by atoms with E-state index in [1.807, 2.05) is 0 Å². The summed E-state index contributed by atoms with van der Waals surface area (Å²) in [5, 5.41) is 0. The molecule has 0 saturated carbocycles. The van der Waals surface area contributed by atoms with Crippen LogP contribution >= 0.6 is 0 Å². The normalized spacial score (nSPS) is 12.5. The fourth-order valence-corrected chi connectivity index (χ4v) is 9.88. The van der Waals surface area contributed by atoms with Gasteiger partial charge < -0.3 is 14.2 Å². The van der Waals surface area contributed by atoms with E-state index < -0.39 is 6.10 Å². The quantitative estimate of drug-likeness (QED) is 0.0261. The summed E-state index contributed by atoms with van der Waals surface area (Å²) in [6.07, 6.45) is 86.3. The second-order valence-corrected chi connectivity index (χ2v) is 22.7. The number of allylic oxidation sites excluding steroid dienone is 12. The lowest BCUT2D eigenvalue weighted by molar-refractivity contribution is -0.167. The highest BCUT2D eigenvalue weighted by Gasteiger charge is 2.19. The van der Waals surface area contributed by atoms with Crippen molar-refractivity contribution in [3.8, 4) is 0 Å². The van der Waals surface area contributed by atoms with Crippen LogP contribution in [-0.2, 0) is 28.6 Å². The zero-order valence-corrected chi connectivity index (χ0v) is 51.9. The minimum absolute atomic E-state index is 0.0823. The van der Waals surface area contributed by atoms with Gasteiger partial charge in [0.1, 0.15) is 13.2 Å². The molecule has 0 N–H and O–H groups in total. The molecule has 0 heterocycles. The first-order valence-electron chi connectivity index (χ1n) is 33.9. The first-order chi connectivity index (χ1) is 38.5. The van der Waals surface area contributed by atoms with Crippen molar-refractivity contribution in [1.82, 2.24) is 0 Å². The van der Waals surface area contributed by atoms with Gasteiger partial charge in [-0.25, -0.2) is 0 Å². The Bertz CT molecular complexity index is 1440. The topological polar surface area (TPSA) is 78.9 Å². The Kier molecular flexibility index (Phi) is 63.7. The third kappa shape index (κ3) is 63.7. The second kappa shape index (κ2) is 66.4. The minimum atomic E-state index is -0.786. The molecule has 0 fully saturated rings. The average Bonchev–Trinajstić information content (AvgIpc) is 3.44. The number of esters is 3. The van der Waals surface area contributed by atoms with Gasteiger partial charge in [-0.15, -0.1) is 0 Å². The molecule has 0 spiro atoms. The van der Waals surface area contributed by atoms with Crippen molar-refractivity contribution in [1.29, 1.82) is 0 Å². The van der Waals surface area contributed by atoms with Crippen molar-refractivity contribution >= 4 is 17.9 Å². The highest BCUT2D eigenvalue weighted by molar-refractivity contribution is 5.71. The number of carbonyl (C=O) groups excluding carboxylic acids is 3. The summed E-state index contributed by atoms with van der Waals surface area (Å²) in [6, 6.07) is 0. The van der Waals surface area contributed by atoms with Gasteiger partial charge in [0.15, 0.2) is 6.10 Å². The molecular weight excluding hydrogens is 961 g/mol. The van der Waals surface area contributed by atoms with Gasteiger partial charge in [-0.1, -0.05) is 312 Å². The number of unbranched alkanes of at least 4 members (excludes halogenated alkanes) is 39. The lowest BCUT2D eigenvalue weighted by Crippen LogP contribution is -2.30. The van der Waals surface area contributed by atoms with Crippen molar-refractivity contribution in [3.05, 3.63) is 72.9 Å². The molecule has 1 atom stereocenters. The van der Waals surface area contributed by atoms with Gasteiger partial charge in [0.05, 0.1) is 0 Å². The summed E-state index contributed by atoms with van der Waals surface area (Å²) in [5.41, 5.74) is 0. The van der Waals surface area contributed by atoms with Crippen molar-refractivity contribution in [2.24, 2.45) is 0 Å². The zero-order valence-electron chi connectivity index (χ0n) is 51.9. The molecule has 6 nitrogen and oxygen atoms in total. The predicted molar refractivity (Wildman–Crippen MR) is 339 cm³/mol. The molecular formula is C72H128O6. The smallest absolute Gasteiger partial charge is 0.306 e. The third-order valence-corrected chi connectivity index (χ3v) is 14.9. The lowest BCUT2D eigenvalue weighted by atomic mass is 10.0. The van der Waals surface area contributed by atoms with E-state index in [2.05, 4.69) is 93.7 Å². The monoisotopic (exact) mass is 1090 g/mol. The number of carbonyl (C=O) groups is 3. The summed E-state index contributed by atoms with van der Waals surface area (Å²) in [5.74, 6) is -0.886. The lowest BCUT2D eigenvalue weighted by Gasteiger charge is -2.18. The molecule has 452 valence electrons. The Morgan fingerprint density at radius 2 is 0.500 bits per heavy atom. The van der Waals surface area contributed by atoms with Crippen LogP contribution in [0.1, 0.15) is 348 Å². The highest BCUT2D eigenvalue weighted by Crippen LogP contribution is 2.17. The Balaban J connectivity index is 4.34. The van der Waals surface area contributed by atoms with E-state index in [9.17, 15) is 14.4 Å². The maximum absolute atomic E-state index is 12.9. The number of hydrogen-bond acceptors (Lipinski definition) is 6. The van der Waals surface area contributed by atoms with Gasteiger partial charge in [-0.05, 0) is 89.9 Å². The first-order valence-corrected chi connectivity index (χ1v) is 33.9. The highest BCUT2D eigenvalue weighted by atomic mass is 16.6. The fraction of sp³-hybridized carbons (Fsp3) is 0.792. The Labute approximate surface area is 484 Å². The van der Waals surface area contributed by atoms with E-state index >= 15 is 0 Å². The van der Waals surface area contributed by atoms with Gasteiger partial charge in [0.25, 0.3) is 0 Å². The van der Waals surface area contributed by atoms with E-state index in [0.29, 0.717) is 19.3 Å². The van der Waals surface area contributed by atoms with Crippen LogP contribution in [0.3, 0.4) is 0 Å². The molecule has 1 unspecified atom stereocenters. The van der Waals surface area contributed by atoms with Crippen molar-refractivity contribution in [2.45, 2.75) is 354 Å². The summed E-state index contributed by atoms with van der Waals surface area (Å²) in [4.78, 5) is 38.4. The maximum atomic E-state index is 12.9. The summed E-state index contributed by atoms with van der Waals surface area (Å²) >= 11 is 0. The van der Waals surface area contributed by atoms with Crippen LogP contribution in [0.2, 0.25) is 0 Å². The van der Waals surface area contributed by atoms with Crippen LogP contribution in [0.4, 0.5) is 0 Å². The zero-order chi connectivity index (χ0) is 56.4. The predicted octanol–water partition coefficient (Wildman–Crippen LogP) is 23.3. The van der Waals surface area contributed by atoms with E-state index in [1.165, 1.54) is 193 Å². The Hall–Kier alpha value is -3.15. The molecule has 0 rings (SSSR count). The van der Waals surface area contributed by atoms with E-state index in [4.69, 9.17) is 14.2 Å². The molecule has 0 bridgehead atoms. The van der Waals surface area contributed by atoms with Crippen LogP contribution < -0.4 is 0 Å². The van der Waals surface area contributed by atoms with E-state index in [-0.39, 0.29) is 31.1 Å². The van der Waals surface area contributed by atoms with Crippen LogP contribution in [0.5, 0.6) is 0 Å². The second-order valence-electron chi connectivity index (χ2n) is 22.7. The van der Waals surface area contributed by atoms with Crippen LogP contribution in [0, 0.1) is 0 Å². The molecule has 0 amide bonds. The van der Waals surface area contributed by atoms with Crippen LogP contribution in [0.15, 0.2) is 72.9 Å². The summed E-state index contributed by atoms with van der Waals surface area (Å²) < 4.78 is 17.0. The molecule has 78 heavy (non-hydrogen) atoms. The van der Waals surface area contributed by atoms with Crippen molar-refractivity contribution in [2.75, 3.05) is 13.2 Å². The fourth-order valence-electron chi connectivity index (χ4n) is 9.88. The van der Waals surface area contributed by atoms with Crippen molar-refractivity contribution in [3.63, 3.8) is 0 Å². The Morgan fingerprint density at radius 1 is 0.269 bits per heavy atom. The molecule has 0 saturated heterocycles. The molecule has 6 heteroatoms. The molecule has 0 aliphatic heterocycles. The largest absolute Gasteiger partial charge is 0.462 e. The molecule has 0 aromatic heterocycles. The van der Waals surface area contributed by atoms with E-state index in [0.717, 1.165) is 116 Å². The van der Waals surface area contributed by atoms with Crippen LogP contribution in [0.25, 0.3) is 0 Å². The minimum Gasteiger partial charge on any atom is -0.462 e. The summed E-state index contributed by atoms with van der Waals surface area (Å²) in [6.45, 7) is 6.55. The third-order valence-electron chi connectivity index (χ3n) is 14.9. The van der Waals surface area contributed by atoms with Gasteiger partial charge in [0, 0.05) is 19.3 Å². The Morgan fingerprint density at radius 3 is 0.782 bits per heavy atom. The van der Waals surface area contributed by atoms with Gasteiger partial charge in [0.2, 0.25) is 0 Å². The molecule has 0 aliphatic rings. The van der Waals surface area contributed by atoms with Crippen LogP contribution in [-0.4, -0.2) is 37.2 Å².